The molecule has 0 saturated heterocycles. The van der Waals surface area contributed by atoms with Crippen molar-refractivity contribution in [3.8, 4) is 0 Å². The summed E-state index contributed by atoms with van der Waals surface area (Å²) in [7, 11) is 0. The van der Waals surface area contributed by atoms with E-state index in [0.29, 0.717) is 6.04 Å². The van der Waals surface area contributed by atoms with Gasteiger partial charge in [0.05, 0.1) is 0 Å². The summed E-state index contributed by atoms with van der Waals surface area (Å²) in [5, 5.41) is 0. The van der Waals surface area contributed by atoms with Gasteiger partial charge in [-0.25, -0.2) is 0 Å². The molecule has 96 valence electrons. The van der Waals surface area contributed by atoms with E-state index >= 15 is 0 Å². The van der Waals surface area contributed by atoms with Gasteiger partial charge in [0.25, 0.3) is 0 Å². The summed E-state index contributed by atoms with van der Waals surface area (Å²) in [6.07, 6.45) is 12.4. The van der Waals surface area contributed by atoms with Crippen LogP contribution in [0.1, 0.15) is 71.6 Å². The van der Waals surface area contributed by atoms with Gasteiger partial charge >= 0.3 is 0 Å². The van der Waals surface area contributed by atoms with Gasteiger partial charge in [-0.05, 0) is 31.1 Å². The van der Waals surface area contributed by atoms with Crippen molar-refractivity contribution in [2.24, 2.45) is 17.7 Å². The molecule has 3 N–H and O–H groups in total. The van der Waals surface area contributed by atoms with E-state index in [2.05, 4.69) is 19.3 Å². The third-order valence-corrected chi connectivity index (χ3v) is 4.21. The van der Waals surface area contributed by atoms with E-state index in [1.807, 2.05) is 0 Å². The van der Waals surface area contributed by atoms with Crippen molar-refractivity contribution in [3.05, 3.63) is 0 Å². The fourth-order valence-electron chi connectivity index (χ4n) is 3.25. The highest BCUT2D eigenvalue weighted by molar-refractivity contribution is 4.80. The maximum Gasteiger partial charge on any atom is 0.0264 e. The molecule has 1 aliphatic carbocycles. The van der Waals surface area contributed by atoms with Crippen molar-refractivity contribution in [1.29, 1.82) is 0 Å². The van der Waals surface area contributed by atoms with E-state index in [1.165, 1.54) is 57.8 Å². The predicted octanol–water partition coefficient (Wildman–Crippen LogP) is 3.62. The van der Waals surface area contributed by atoms with Gasteiger partial charge in [-0.1, -0.05) is 52.4 Å². The zero-order valence-corrected chi connectivity index (χ0v) is 11.2. The number of hydrazine groups is 1. The molecule has 2 atom stereocenters. The molecule has 2 unspecified atom stereocenters. The Kier molecular flexibility index (Phi) is 7.06. The molecule has 0 aromatic heterocycles. The molecule has 0 amide bonds. The summed E-state index contributed by atoms with van der Waals surface area (Å²) in [5.74, 6) is 7.31. The molecule has 0 bridgehead atoms. The fraction of sp³-hybridized carbons (Fsp3) is 1.00. The maximum absolute atomic E-state index is 5.77. The third-order valence-electron chi connectivity index (χ3n) is 4.21. The van der Waals surface area contributed by atoms with Crippen LogP contribution >= 0.6 is 0 Å². The van der Waals surface area contributed by atoms with Crippen LogP contribution in [0.3, 0.4) is 0 Å². The average molecular weight is 226 g/mol. The van der Waals surface area contributed by atoms with Gasteiger partial charge in [-0.2, -0.15) is 0 Å². The summed E-state index contributed by atoms with van der Waals surface area (Å²) in [4.78, 5) is 0. The second kappa shape index (κ2) is 8.08. The smallest absolute Gasteiger partial charge is 0.0264 e. The maximum atomic E-state index is 5.77. The first kappa shape index (κ1) is 14.0. The standard InChI is InChI=1S/C14H30N2/c1-3-9-12(2)14(16-15)13-10-7-5-4-6-8-11-13/h12-14,16H,3-11,15H2,1-2H3. The van der Waals surface area contributed by atoms with Crippen molar-refractivity contribution in [2.45, 2.75) is 77.7 Å². The summed E-state index contributed by atoms with van der Waals surface area (Å²) in [6, 6.07) is 0.540. The van der Waals surface area contributed by atoms with E-state index in [-0.39, 0.29) is 0 Å². The van der Waals surface area contributed by atoms with Crippen LogP contribution in [0.2, 0.25) is 0 Å². The Morgan fingerprint density at radius 1 is 1.12 bits per heavy atom. The monoisotopic (exact) mass is 226 g/mol. The van der Waals surface area contributed by atoms with E-state index < -0.39 is 0 Å². The van der Waals surface area contributed by atoms with Crippen LogP contribution in [-0.2, 0) is 0 Å². The molecule has 1 aliphatic rings. The predicted molar refractivity (Wildman–Crippen MR) is 71.0 cm³/mol. The molecular formula is C14H30N2. The van der Waals surface area contributed by atoms with Gasteiger partial charge in [0, 0.05) is 6.04 Å². The van der Waals surface area contributed by atoms with Crippen LogP contribution in [0, 0.1) is 11.8 Å². The quantitative estimate of drug-likeness (QED) is 0.555. The molecule has 1 rings (SSSR count). The van der Waals surface area contributed by atoms with Crippen molar-refractivity contribution in [2.75, 3.05) is 0 Å². The lowest BCUT2D eigenvalue weighted by Crippen LogP contribution is -2.45. The van der Waals surface area contributed by atoms with Crippen LogP contribution in [0.5, 0.6) is 0 Å². The van der Waals surface area contributed by atoms with Crippen LogP contribution in [0.4, 0.5) is 0 Å². The van der Waals surface area contributed by atoms with Gasteiger partial charge < -0.3 is 0 Å². The highest BCUT2D eigenvalue weighted by Crippen LogP contribution is 2.29. The summed E-state index contributed by atoms with van der Waals surface area (Å²) >= 11 is 0. The van der Waals surface area contributed by atoms with Gasteiger partial charge in [-0.3, -0.25) is 11.3 Å². The SMILES string of the molecule is CCCC(C)C(NN)C1CCCCCCC1. The molecule has 2 nitrogen and oxygen atoms in total. The molecule has 0 radical (unpaired) electrons. The number of hydrogen-bond donors (Lipinski definition) is 2. The molecule has 0 aliphatic heterocycles. The first-order valence-electron chi connectivity index (χ1n) is 7.25. The molecule has 1 fully saturated rings. The van der Waals surface area contributed by atoms with E-state index in [4.69, 9.17) is 5.84 Å². The molecular weight excluding hydrogens is 196 g/mol. The minimum atomic E-state index is 0.540. The van der Waals surface area contributed by atoms with Crippen LogP contribution in [0.15, 0.2) is 0 Å². The van der Waals surface area contributed by atoms with Gasteiger partial charge in [0.2, 0.25) is 0 Å². The molecule has 0 spiro atoms. The van der Waals surface area contributed by atoms with Crippen molar-refractivity contribution >= 4 is 0 Å². The molecule has 1 saturated carbocycles. The lowest BCUT2D eigenvalue weighted by molar-refractivity contribution is 0.220. The second-order valence-corrected chi connectivity index (χ2v) is 5.56. The van der Waals surface area contributed by atoms with Gasteiger partial charge in [0.15, 0.2) is 0 Å². The molecule has 2 heteroatoms. The highest BCUT2D eigenvalue weighted by atomic mass is 15.2. The van der Waals surface area contributed by atoms with Gasteiger partial charge in [0.1, 0.15) is 0 Å². The minimum absolute atomic E-state index is 0.540. The molecule has 0 aromatic rings. The van der Waals surface area contributed by atoms with Crippen molar-refractivity contribution < 1.29 is 0 Å². The average Bonchev–Trinajstić information content (AvgIpc) is 2.22. The number of hydrogen-bond acceptors (Lipinski definition) is 2. The van der Waals surface area contributed by atoms with Crippen molar-refractivity contribution in [1.82, 2.24) is 5.43 Å². The van der Waals surface area contributed by atoms with Crippen LogP contribution in [0.25, 0.3) is 0 Å². The lowest BCUT2D eigenvalue weighted by atomic mass is 9.80. The topological polar surface area (TPSA) is 38.0 Å². The fourth-order valence-corrected chi connectivity index (χ4v) is 3.25. The van der Waals surface area contributed by atoms with E-state index in [0.717, 1.165) is 11.8 Å². The molecule has 0 heterocycles. The van der Waals surface area contributed by atoms with Gasteiger partial charge in [-0.15, -0.1) is 0 Å². The number of nitrogens with one attached hydrogen (secondary N) is 1. The summed E-state index contributed by atoms with van der Waals surface area (Å²) in [5.41, 5.74) is 3.10. The largest absolute Gasteiger partial charge is 0.271 e. The van der Waals surface area contributed by atoms with Crippen LogP contribution in [-0.4, -0.2) is 6.04 Å². The lowest BCUT2D eigenvalue weighted by Gasteiger charge is -2.32. The second-order valence-electron chi connectivity index (χ2n) is 5.56. The first-order valence-corrected chi connectivity index (χ1v) is 7.25. The van der Waals surface area contributed by atoms with E-state index in [9.17, 15) is 0 Å². The Hall–Kier alpha value is -0.0800. The zero-order valence-electron chi connectivity index (χ0n) is 11.2. The Bertz CT molecular complexity index is 162. The van der Waals surface area contributed by atoms with Crippen molar-refractivity contribution in [3.63, 3.8) is 0 Å². The Labute approximate surface area is 101 Å². The summed E-state index contributed by atoms with van der Waals surface area (Å²) in [6.45, 7) is 4.62. The molecule has 0 aromatic carbocycles. The van der Waals surface area contributed by atoms with E-state index in [1.54, 1.807) is 0 Å². The Balaban J connectivity index is 2.47. The first-order chi connectivity index (χ1) is 7.79. The summed E-state index contributed by atoms with van der Waals surface area (Å²) < 4.78 is 0. The zero-order chi connectivity index (χ0) is 11.8. The number of nitrogens with two attached hydrogens (primary N) is 1. The Morgan fingerprint density at radius 2 is 1.69 bits per heavy atom. The Morgan fingerprint density at radius 3 is 2.19 bits per heavy atom. The highest BCUT2D eigenvalue weighted by Gasteiger charge is 2.25. The third kappa shape index (κ3) is 4.42. The minimum Gasteiger partial charge on any atom is -0.271 e. The molecule has 16 heavy (non-hydrogen) atoms. The van der Waals surface area contributed by atoms with Crippen LogP contribution < -0.4 is 11.3 Å². The number of rotatable bonds is 5. The normalized spacial score (nSPS) is 23.4.